The van der Waals surface area contributed by atoms with Gasteiger partial charge in [-0.15, -0.1) is 0 Å². The van der Waals surface area contributed by atoms with E-state index in [1.54, 1.807) is 7.11 Å². The Hall–Kier alpha value is -1.48. The second kappa shape index (κ2) is 4.02. The Bertz CT molecular complexity index is 579. The number of aryl methyl sites for hydroxylation is 1. The van der Waals surface area contributed by atoms with E-state index in [-0.39, 0.29) is 5.54 Å². The number of rotatable bonds is 2. The maximum Gasteiger partial charge on any atom is 0.119 e. The summed E-state index contributed by atoms with van der Waals surface area (Å²) in [6.45, 7) is 0. The molecule has 3 heteroatoms. The summed E-state index contributed by atoms with van der Waals surface area (Å²) >= 11 is 0. The van der Waals surface area contributed by atoms with Gasteiger partial charge < -0.3 is 15.0 Å². The quantitative estimate of drug-likeness (QED) is 0.882. The van der Waals surface area contributed by atoms with Crippen molar-refractivity contribution in [3.63, 3.8) is 0 Å². The predicted octanol–water partition coefficient (Wildman–Crippen LogP) is 2.91. The lowest BCUT2D eigenvalue weighted by atomic mass is 9.89. The number of ether oxygens (including phenoxy) is 1. The number of methoxy groups -OCH3 is 1. The fourth-order valence-corrected chi connectivity index (χ4v) is 3.17. The Morgan fingerprint density at radius 2 is 2.00 bits per heavy atom. The summed E-state index contributed by atoms with van der Waals surface area (Å²) in [6.07, 6.45) is 6.83. The summed E-state index contributed by atoms with van der Waals surface area (Å²) < 4.78 is 7.50. The molecule has 2 aromatic rings. The van der Waals surface area contributed by atoms with Gasteiger partial charge >= 0.3 is 0 Å². The van der Waals surface area contributed by atoms with Crippen molar-refractivity contribution in [1.29, 1.82) is 0 Å². The first-order valence-corrected chi connectivity index (χ1v) is 6.56. The van der Waals surface area contributed by atoms with Crippen LogP contribution >= 0.6 is 0 Å². The van der Waals surface area contributed by atoms with Gasteiger partial charge in [0.1, 0.15) is 5.75 Å². The van der Waals surface area contributed by atoms with Crippen molar-refractivity contribution in [1.82, 2.24) is 4.57 Å². The highest BCUT2D eigenvalue weighted by molar-refractivity contribution is 5.86. The fourth-order valence-electron chi connectivity index (χ4n) is 3.17. The molecule has 1 aliphatic rings. The summed E-state index contributed by atoms with van der Waals surface area (Å²) in [4.78, 5) is 0. The van der Waals surface area contributed by atoms with Gasteiger partial charge in [0.15, 0.2) is 0 Å². The van der Waals surface area contributed by atoms with E-state index < -0.39 is 0 Å². The van der Waals surface area contributed by atoms with Crippen molar-refractivity contribution in [3.8, 4) is 5.75 Å². The third kappa shape index (κ3) is 1.62. The van der Waals surface area contributed by atoms with Gasteiger partial charge in [-0.3, -0.25) is 0 Å². The van der Waals surface area contributed by atoms with E-state index in [0.717, 1.165) is 18.6 Å². The molecule has 1 heterocycles. The molecule has 0 saturated heterocycles. The maximum atomic E-state index is 6.60. The average Bonchev–Trinajstić information content (AvgIpc) is 2.95. The zero-order valence-corrected chi connectivity index (χ0v) is 11.1. The Balaban J connectivity index is 2.22. The van der Waals surface area contributed by atoms with Crippen LogP contribution in [0.15, 0.2) is 24.4 Å². The van der Waals surface area contributed by atoms with Crippen molar-refractivity contribution in [2.24, 2.45) is 12.8 Å². The van der Waals surface area contributed by atoms with E-state index in [0.29, 0.717) is 0 Å². The van der Waals surface area contributed by atoms with Gasteiger partial charge in [-0.2, -0.15) is 0 Å². The third-order valence-corrected chi connectivity index (χ3v) is 4.23. The lowest BCUT2D eigenvalue weighted by Gasteiger charge is -2.23. The van der Waals surface area contributed by atoms with Gasteiger partial charge in [0.05, 0.1) is 7.11 Å². The van der Waals surface area contributed by atoms with Crippen LogP contribution in [0, 0.1) is 0 Å². The zero-order valence-electron chi connectivity index (χ0n) is 11.1. The highest BCUT2D eigenvalue weighted by Gasteiger charge is 2.33. The van der Waals surface area contributed by atoms with Crippen molar-refractivity contribution in [3.05, 3.63) is 30.0 Å². The monoisotopic (exact) mass is 244 g/mol. The molecule has 0 spiro atoms. The van der Waals surface area contributed by atoms with Gasteiger partial charge in [-0.25, -0.2) is 0 Å². The lowest BCUT2D eigenvalue weighted by molar-refractivity contribution is 0.415. The van der Waals surface area contributed by atoms with Crippen LogP contribution in [0.3, 0.4) is 0 Å². The standard InChI is InChI=1S/C15H20N2O/c1-17-10-13(15(16)7-3-4-8-15)12-9-11(18-2)5-6-14(12)17/h5-6,9-10H,3-4,7-8,16H2,1-2H3. The number of hydrogen-bond acceptors (Lipinski definition) is 2. The second-order valence-corrected chi connectivity index (χ2v) is 5.40. The molecule has 1 saturated carbocycles. The zero-order chi connectivity index (χ0) is 12.8. The van der Waals surface area contributed by atoms with Crippen molar-refractivity contribution in [2.45, 2.75) is 31.2 Å². The van der Waals surface area contributed by atoms with E-state index in [1.165, 1.54) is 29.3 Å². The van der Waals surface area contributed by atoms with Crippen molar-refractivity contribution >= 4 is 10.9 Å². The minimum atomic E-state index is -0.147. The lowest BCUT2D eigenvalue weighted by Crippen LogP contribution is -2.32. The summed E-state index contributed by atoms with van der Waals surface area (Å²) in [7, 11) is 3.79. The van der Waals surface area contributed by atoms with Crippen molar-refractivity contribution in [2.75, 3.05) is 7.11 Å². The van der Waals surface area contributed by atoms with Gasteiger partial charge in [-0.05, 0) is 36.6 Å². The third-order valence-electron chi connectivity index (χ3n) is 4.23. The molecule has 1 fully saturated rings. The molecule has 1 aromatic heterocycles. The molecular formula is C15H20N2O. The topological polar surface area (TPSA) is 40.2 Å². The molecule has 2 N–H and O–H groups in total. The number of hydrogen-bond donors (Lipinski definition) is 1. The number of aromatic nitrogens is 1. The van der Waals surface area contributed by atoms with Gasteiger partial charge in [0.2, 0.25) is 0 Å². The highest BCUT2D eigenvalue weighted by Crippen LogP contribution is 2.40. The predicted molar refractivity (Wildman–Crippen MR) is 73.8 cm³/mol. The normalized spacial score (nSPS) is 18.4. The SMILES string of the molecule is COc1ccc2c(c1)c(C1(N)CCCC1)cn2C. The average molecular weight is 244 g/mol. The molecule has 0 unspecified atom stereocenters. The molecule has 0 aliphatic heterocycles. The first kappa shape index (κ1) is 11.6. The Kier molecular flexibility index (Phi) is 2.59. The fraction of sp³-hybridized carbons (Fsp3) is 0.467. The van der Waals surface area contributed by atoms with Crippen LogP contribution in [0.5, 0.6) is 5.75 Å². The first-order valence-electron chi connectivity index (χ1n) is 6.56. The molecule has 0 bridgehead atoms. The minimum absolute atomic E-state index is 0.147. The van der Waals surface area contributed by atoms with E-state index in [9.17, 15) is 0 Å². The van der Waals surface area contributed by atoms with Crippen LogP contribution in [0.25, 0.3) is 10.9 Å². The molecule has 0 radical (unpaired) electrons. The number of benzene rings is 1. The summed E-state index contributed by atoms with van der Waals surface area (Å²) in [5, 5.41) is 1.24. The molecule has 96 valence electrons. The molecule has 18 heavy (non-hydrogen) atoms. The Labute approximate surface area is 108 Å². The Morgan fingerprint density at radius 1 is 1.28 bits per heavy atom. The first-order chi connectivity index (χ1) is 8.64. The van der Waals surface area contributed by atoms with E-state index in [2.05, 4.69) is 29.9 Å². The molecule has 1 aliphatic carbocycles. The van der Waals surface area contributed by atoms with Crippen LogP contribution in [-0.4, -0.2) is 11.7 Å². The maximum absolute atomic E-state index is 6.60. The molecule has 1 aromatic carbocycles. The van der Waals surface area contributed by atoms with Gasteiger partial charge in [0, 0.05) is 29.7 Å². The molecule has 0 atom stereocenters. The molecular weight excluding hydrogens is 224 g/mol. The second-order valence-electron chi connectivity index (χ2n) is 5.40. The van der Waals surface area contributed by atoms with Gasteiger partial charge in [-0.1, -0.05) is 12.8 Å². The molecule has 3 rings (SSSR count). The summed E-state index contributed by atoms with van der Waals surface area (Å²) in [5.74, 6) is 0.900. The van der Waals surface area contributed by atoms with Crippen LogP contribution < -0.4 is 10.5 Å². The molecule has 0 amide bonds. The minimum Gasteiger partial charge on any atom is -0.497 e. The van der Waals surface area contributed by atoms with E-state index in [4.69, 9.17) is 10.5 Å². The summed E-state index contributed by atoms with van der Waals surface area (Å²) in [5.41, 5.74) is 8.95. The van der Waals surface area contributed by atoms with Crippen molar-refractivity contribution < 1.29 is 4.74 Å². The highest BCUT2D eigenvalue weighted by atomic mass is 16.5. The summed E-state index contributed by atoms with van der Waals surface area (Å²) in [6, 6.07) is 6.22. The smallest absolute Gasteiger partial charge is 0.119 e. The van der Waals surface area contributed by atoms with E-state index in [1.807, 2.05) is 6.07 Å². The number of nitrogens with two attached hydrogens (primary N) is 1. The van der Waals surface area contributed by atoms with E-state index >= 15 is 0 Å². The van der Waals surface area contributed by atoms with Gasteiger partial charge in [0.25, 0.3) is 0 Å². The largest absolute Gasteiger partial charge is 0.497 e. The number of nitrogens with zero attached hydrogens (tertiary/aromatic N) is 1. The van der Waals surface area contributed by atoms with Crippen LogP contribution in [0.2, 0.25) is 0 Å². The van der Waals surface area contributed by atoms with Crippen LogP contribution in [0.4, 0.5) is 0 Å². The Morgan fingerprint density at radius 3 is 2.67 bits per heavy atom. The van der Waals surface area contributed by atoms with Crippen LogP contribution in [0.1, 0.15) is 31.2 Å². The number of fused-ring (bicyclic) bond motifs is 1. The molecule has 3 nitrogen and oxygen atoms in total. The van der Waals surface area contributed by atoms with Crippen LogP contribution in [-0.2, 0) is 12.6 Å².